The predicted octanol–water partition coefficient (Wildman–Crippen LogP) is 3.24. The fourth-order valence-corrected chi connectivity index (χ4v) is 4.59. The van der Waals surface area contributed by atoms with E-state index in [4.69, 9.17) is 0 Å². The topological polar surface area (TPSA) is 87.5 Å². The van der Waals surface area contributed by atoms with Crippen molar-refractivity contribution in [1.82, 2.24) is 24.7 Å². The Kier molecular flexibility index (Phi) is 7.19. The molecule has 0 spiro atoms. The summed E-state index contributed by atoms with van der Waals surface area (Å²) in [5.74, 6) is -1.44. The van der Waals surface area contributed by atoms with Gasteiger partial charge < -0.3 is 19.7 Å². The van der Waals surface area contributed by atoms with Gasteiger partial charge in [-0.3, -0.25) is 14.4 Å². The van der Waals surface area contributed by atoms with Gasteiger partial charge in [-0.25, -0.2) is 9.37 Å². The molecule has 0 saturated heterocycles. The molecule has 1 atom stereocenters. The summed E-state index contributed by atoms with van der Waals surface area (Å²) in [6, 6.07) is 15.5. The van der Waals surface area contributed by atoms with E-state index in [1.165, 1.54) is 23.4 Å². The second-order valence-electron chi connectivity index (χ2n) is 9.01. The van der Waals surface area contributed by atoms with Gasteiger partial charge in [0.25, 0.3) is 11.8 Å². The summed E-state index contributed by atoms with van der Waals surface area (Å²) in [6.45, 7) is 6.87. The molecule has 36 heavy (non-hydrogen) atoms. The van der Waals surface area contributed by atoms with E-state index in [0.717, 1.165) is 11.1 Å². The van der Waals surface area contributed by atoms with Gasteiger partial charge in [0.15, 0.2) is 5.69 Å². The number of amides is 3. The molecule has 0 fully saturated rings. The number of halogens is 1. The lowest BCUT2D eigenvalue weighted by atomic mass is 9.94. The highest BCUT2D eigenvalue weighted by atomic mass is 19.1. The van der Waals surface area contributed by atoms with Gasteiger partial charge in [-0.05, 0) is 44.0 Å². The lowest BCUT2D eigenvalue weighted by Crippen LogP contribution is -2.63. The average Bonchev–Trinajstić information content (AvgIpc) is 3.30. The molecule has 4 rings (SSSR count). The number of imidazole rings is 1. The first kappa shape index (κ1) is 25.1. The van der Waals surface area contributed by atoms with Crippen LogP contribution in [-0.2, 0) is 24.4 Å². The Hall–Kier alpha value is -4.01. The van der Waals surface area contributed by atoms with Crippen LogP contribution in [0.4, 0.5) is 4.39 Å². The third-order valence-electron chi connectivity index (χ3n) is 6.62. The molecule has 0 saturated carbocycles. The molecule has 3 aromatic rings. The van der Waals surface area contributed by atoms with E-state index in [1.807, 2.05) is 37.3 Å². The van der Waals surface area contributed by atoms with E-state index in [1.54, 1.807) is 35.4 Å². The number of nitrogens with one attached hydrogen (secondary N) is 1. The summed E-state index contributed by atoms with van der Waals surface area (Å²) in [7, 11) is 0. The molecule has 188 valence electrons. The molecule has 2 heterocycles. The van der Waals surface area contributed by atoms with Crippen LogP contribution in [0.5, 0.6) is 0 Å². The van der Waals surface area contributed by atoms with E-state index in [-0.39, 0.29) is 48.7 Å². The van der Waals surface area contributed by atoms with Crippen molar-refractivity contribution in [3.8, 4) is 0 Å². The zero-order valence-electron chi connectivity index (χ0n) is 20.7. The average molecular weight is 492 g/mol. The van der Waals surface area contributed by atoms with Gasteiger partial charge in [-0.15, -0.1) is 0 Å². The Morgan fingerprint density at radius 2 is 1.78 bits per heavy atom. The maximum atomic E-state index is 13.6. The molecule has 1 aromatic heterocycles. The van der Waals surface area contributed by atoms with Crippen LogP contribution in [0, 0.1) is 5.82 Å². The number of carbonyl (C=O) groups excluding carboxylic acids is 3. The number of aromatic nitrogens is 2. The molecule has 1 aliphatic rings. The van der Waals surface area contributed by atoms with Crippen molar-refractivity contribution in [1.29, 1.82) is 0 Å². The van der Waals surface area contributed by atoms with Crippen molar-refractivity contribution < 1.29 is 18.8 Å². The van der Waals surface area contributed by atoms with Crippen molar-refractivity contribution in [2.24, 2.45) is 0 Å². The first-order valence-electron chi connectivity index (χ1n) is 12.0. The molecule has 9 heteroatoms. The lowest BCUT2D eigenvalue weighted by molar-refractivity contribution is -0.132. The van der Waals surface area contributed by atoms with E-state index in [0.29, 0.717) is 13.1 Å². The van der Waals surface area contributed by atoms with E-state index >= 15 is 0 Å². The highest BCUT2D eigenvalue weighted by Crippen LogP contribution is 2.29. The molecule has 8 nitrogen and oxygen atoms in total. The fourth-order valence-electron chi connectivity index (χ4n) is 4.59. The Bertz CT molecular complexity index is 1260. The third kappa shape index (κ3) is 4.73. The minimum atomic E-state index is -1.19. The van der Waals surface area contributed by atoms with Gasteiger partial charge in [0.1, 0.15) is 17.1 Å². The molecule has 0 bridgehead atoms. The summed E-state index contributed by atoms with van der Waals surface area (Å²) >= 11 is 0. The van der Waals surface area contributed by atoms with Crippen LogP contribution in [0.2, 0.25) is 0 Å². The zero-order chi connectivity index (χ0) is 25.9. The number of hydrogen-bond donors (Lipinski definition) is 1. The molecule has 0 radical (unpaired) electrons. The van der Waals surface area contributed by atoms with E-state index in [2.05, 4.69) is 10.3 Å². The summed E-state index contributed by atoms with van der Waals surface area (Å²) in [6.07, 6.45) is 1.45. The standard InChI is InChI=1S/C27H30FN5O3/c1-4-31(16-20-9-7-6-8-10-20)24(34)22-23-25(35)33(5-2)27(3,17-32(23)18-30-22)26(36)29-15-19-11-13-21(28)14-12-19/h6-14,18H,4-5,15-17H2,1-3H3,(H,29,36)/t27-/m1/s1. The predicted molar refractivity (Wildman–Crippen MR) is 132 cm³/mol. The monoisotopic (exact) mass is 491 g/mol. The fraction of sp³-hybridized carbons (Fsp3) is 0.333. The normalized spacial score (nSPS) is 17.0. The van der Waals surface area contributed by atoms with Crippen LogP contribution in [0.3, 0.4) is 0 Å². The highest BCUT2D eigenvalue weighted by Gasteiger charge is 2.48. The SMILES string of the molecule is CCN(Cc1ccccc1)C(=O)c1ncn2c1C(=O)N(CC)[C@@](C)(C(=O)NCc1ccc(F)cc1)C2. The molecule has 3 amide bonds. The summed E-state index contributed by atoms with van der Waals surface area (Å²) in [5.41, 5.74) is 0.816. The maximum absolute atomic E-state index is 13.6. The first-order chi connectivity index (χ1) is 17.3. The summed E-state index contributed by atoms with van der Waals surface area (Å²) < 4.78 is 14.8. The lowest BCUT2D eigenvalue weighted by Gasteiger charge is -2.43. The van der Waals surface area contributed by atoms with Gasteiger partial charge >= 0.3 is 0 Å². The van der Waals surface area contributed by atoms with Crippen molar-refractivity contribution in [3.63, 3.8) is 0 Å². The Morgan fingerprint density at radius 1 is 1.08 bits per heavy atom. The van der Waals surface area contributed by atoms with Gasteiger partial charge in [-0.1, -0.05) is 42.5 Å². The van der Waals surface area contributed by atoms with Crippen LogP contribution >= 0.6 is 0 Å². The maximum Gasteiger partial charge on any atom is 0.275 e. The van der Waals surface area contributed by atoms with Crippen LogP contribution in [0.1, 0.15) is 52.9 Å². The largest absolute Gasteiger partial charge is 0.350 e. The van der Waals surface area contributed by atoms with E-state index in [9.17, 15) is 18.8 Å². The second-order valence-corrected chi connectivity index (χ2v) is 9.01. The Labute approximate surface area is 209 Å². The van der Waals surface area contributed by atoms with Crippen molar-refractivity contribution >= 4 is 17.7 Å². The third-order valence-corrected chi connectivity index (χ3v) is 6.62. The smallest absolute Gasteiger partial charge is 0.275 e. The number of fused-ring (bicyclic) bond motifs is 1. The molecule has 1 aliphatic heterocycles. The van der Waals surface area contributed by atoms with Crippen molar-refractivity contribution in [2.45, 2.75) is 45.9 Å². The van der Waals surface area contributed by atoms with Gasteiger partial charge in [0, 0.05) is 26.2 Å². The zero-order valence-corrected chi connectivity index (χ0v) is 20.7. The molecular weight excluding hydrogens is 461 g/mol. The summed E-state index contributed by atoms with van der Waals surface area (Å²) in [4.78, 5) is 47.7. The molecular formula is C27H30FN5O3. The number of carbonyl (C=O) groups is 3. The molecule has 0 unspecified atom stereocenters. The molecule has 0 aliphatic carbocycles. The van der Waals surface area contributed by atoms with Gasteiger partial charge in [0.2, 0.25) is 5.91 Å². The number of benzene rings is 2. The van der Waals surface area contributed by atoms with Crippen LogP contribution in [0.25, 0.3) is 0 Å². The second kappa shape index (κ2) is 10.3. The number of rotatable bonds is 8. The van der Waals surface area contributed by atoms with Crippen molar-refractivity contribution in [3.05, 3.63) is 89.3 Å². The van der Waals surface area contributed by atoms with E-state index < -0.39 is 11.4 Å². The van der Waals surface area contributed by atoms with Crippen molar-refractivity contribution in [2.75, 3.05) is 13.1 Å². The Morgan fingerprint density at radius 3 is 2.42 bits per heavy atom. The number of likely N-dealkylation sites (N-methyl/N-ethyl adjacent to an activating group) is 1. The minimum Gasteiger partial charge on any atom is -0.350 e. The minimum absolute atomic E-state index is 0.0880. The summed E-state index contributed by atoms with van der Waals surface area (Å²) in [5, 5.41) is 2.86. The first-order valence-corrected chi connectivity index (χ1v) is 12.0. The molecule has 2 aromatic carbocycles. The van der Waals surface area contributed by atoms with Gasteiger partial charge in [-0.2, -0.15) is 0 Å². The Balaban J connectivity index is 1.57. The van der Waals surface area contributed by atoms with Gasteiger partial charge in [0.05, 0.1) is 12.9 Å². The van der Waals surface area contributed by atoms with Crippen LogP contribution < -0.4 is 5.32 Å². The molecule has 1 N–H and O–H groups in total. The van der Waals surface area contributed by atoms with Crippen LogP contribution in [0.15, 0.2) is 60.9 Å². The number of hydrogen-bond acceptors (Lipinski definition) is 4. The van der Waals surface area contributed by atoms with Crippen LogP contribution in [-0.4, -0.2) is 55.7 Å². The quantitative estimate of drug-likeness (QED) is 0.524. The number of nitrogens with zero attached hydrogens (tertiary/aromatic N) is 4. The highest BCUT2D eigenvalue weighted by molar-refractivity contribution is 6.07.